The second kappa shape index (κ2) is 12.7. The van der Waals surface area contributed by atoms with E-state index in [0.29, 0.717) is 6.54 Å². The highest BCUT2D eigenvalue weighted by Crippen LogP contribution is 2.33. The Labute approximate surface area is 253 Å². The summed E-state index contributed by atoms with van der Waals surface area (Å²) in [5, 5.41) is 13.8. The third kappa shape index (κ3) is 6.53. The zero-order valence-corrected chi connectivity index (χ0v) is 26.1. The van der Waals surface area contributed by atoms with E-state index in [4.69, 9.17) is 0 Å². The molecule has 0 atom stereocenters. The van der Waals surface area contributed by atoms with Crippen LogP contribution in [0.2, 0.25) is 0 Å². The van der Waals surface area contributed by atoms with Gasteiger partial charge in [-0.05, 0) is 95.7 Å². The summed E-state index contributed by atoms with van der Waals surface area (Å²) in [7, 11) is 0. The van der Waals surface area contributed by atoms with Crippen LogP contribution in [-0.2, 0) is 24.7 Å². The molecule has 218 valence electrons. The number of benzene rings is 4. The Hall–Kier alpha value is -3.66. The van der Waals surface area contributed by atoms with Gasteiger partial charge in [0.1, 0.15) is 0 Å². The Morgan fingerprint density at radius 3 is 1.88 bits per heavy atom. The molecule has 0 aromatic heterocycles. The molecule has 0 fully saturated rings. The molecule has 0 amide bonds. The fourth-order valence-corrected chi connectivity index (χ4v) is 6.03. The third-order valence-corrected chi connectivity index (χ3v) is 9.12. The van der Waals surface area contributed by atoms with Crippen LogP contribution in [0, 0.1) is 13.8 Å². The number of nitrogens with zero attached hydrogens (tertiary/aromatic N) is 2. The van der Waals surface area contributed by atoms with Crippen LogP contribution in [0.1, 0.15) is 89.2 Å². The van der Waals surface area contributed by atoms with Gasteiger partial charge in [-0.3, -0.25) is 10.2 Å². The zero-order chi connectivity index (χ0) is 29.9. The van der Waals surface area contributed by atoms with Crippen LogP contribution in [0.25, 0.3) is 5.70 Å². The number of rotatable bonds is 10. The number of fused-ring (bicyclic) bond motifs is 1. The average molecular weight is 559 g/mol. The monoisotopic (exact) mass is 558 g/mol. The lowest BCUT2D eigenvalue weighted by Crippen LogP contribution is -2.42. The first kappa shape index (κ1) is 29.8. The molecule has 3 heteroatoms. The van der Waals surface area contributed by atoms with E-state index in [1.54, 1.807) is 0 Å². The molecule has 0 saturated heterocycles. The van der Waals surface area contributed by atoms with Crippen molar-refractivity contribution in [2.24, 2.45) is 0 Å². The Balaban J connectivity index is 1.26. The predicted octanol–water partition coefficient (Wildman–Crippen LogP) is 9.05. The third-order valence-electron chi connectivity index (χ3n) is 9.12. The fraction of sp³-hybridized carbons (Fsp3) is 0.333. The highest BCUT2D eigenvalue weighted by molar-refractivity contribution is 5.67. The Bertz CT molecular complexity index is 1530. The molecule has 0 aliphatic carbocycles. The van der Waals surface area contributed by atoms with Gasteiger partial charge in [0.05, 0.1) is 5.70 Å². The average Bonchev–Trinajstić information content (AvgIpc) is 2.99. The molecule has 4 aromatic rings. The van der Waals surface area contributed by atoms with Crippen molar-refractivity contribution in [3.8, 4) is 0 Å². The first-order valence-corrected chi connectivity index (χ1v) is 15.5. The number of hydrazine groups is 1. The van der Waals surface area contributed by atoms with Crippen LogP contribution >= 0.6 is 0 Å². The molecule has 1 N–H and O–H groups in total. The summed E-state index contributed by atoms with van der Waals surface area (Å²) in [6.45, 7) is 16.8. The van der Waals surface area contributed by atoms with Crippen LogP contribution in [0.4, 0.5) is 0 Å². The summed E-state index contributed by atoms with van der Waals surface area (Å²) in [5.74, 6) is 0. The van der Waals surface area contributed by atoms with Gasteiger partial charge in [-0.15, -0.1) is 5.17 Å². The summed E-state index contributed by atoms with van der Waals surface area (Å²) in [6, 6.07) is 31.8. The summed E-state index contributed by atoms with van der Waals surface area (Å²) in [4.78, 5) is 0. The molecule has 4 aromatic carbocycles. The second-order valence-corrected chi connectivity index (χ2v) is 12.6. The lowest BCUT2D eigenvalue weighted by Gasteiger charge is -2.37. The van der Waals surface area contributed by atoms with Crippen molar-refractivity contribution in [1.29, 1.82) is 0 Å². The molecule has 0 spiro atoms. The SMILES string of the molecule is C=C1c2cc(Cc3ccc(C(C)(C)c4ccc(Cc5ccc(C)c(C)c5)cc4)cc3)ccc2CCN1N(O)CCCC. The van der Waals surface area contributed by atoms with Crippen LogP contribution in [0.15, 0.2) is 91.5 Å². The van der Waals surface area contributed by atoms with E-state index in [2.05, 4.69) is 126 Å². The Morgan fingerprint density at radius 1 is 0.762 bits per heavy atom. The summed E-state index contributed by atoms with van der Waals surface area (Å²) >= 11 is 0. The largest absolute Gasteiger partial charge is 0.294 e. The minimum Gasteiger partial charge on any atom is -0.294 e. The minimum atomic E-state index is -0.0848. The standard InChI is InChI=1S/C39H46N2O/c1-7-8-22-41(42)40-23-21-35-16-11-34(27-38(35)30(40)4)26-32-14-19-37(20-15-32)39(5,6)36-17-12-31(13-18-36)25-33-10-9-28(2)29(3)24-33/h9-20,24,27,42H,4,7-8,21-23,25-26H2,1-3,5-6H3. The molecule has 0 bridgehead atoms. The normalized spacial score (nSPS) is 13.5. The number of hydrogen-bond donors (Lipinski definition) is 1. The maximum absolute atomic E-state index is 10.6. The van der Waals surface area contributed by atoms with Crippen molar-refractivity contribution in [1.82, 2.24) is 10.2 Å². The van der Waals surface area contributed by atoms with Gasteiger partial charge in [-0.1, -0.05) is 113 Å². The number of unbranched alkanes of at least 4 members (excludes halogenated alkanes) is 1. The van der Waals surface area contributed by atoms with E-state index in [0.717, 1.165) is 49.9 Å². The van der Waals surface area contributed by atoms with Gasteiger partial charge in [-0.2, -0.15) is 0 Å². The molecule has 1 aliphatic rings. The molecule has 0 radical (unpaired) electrons. The van der Waals surface area contributed by atoms with Crippen molar-refractivity contribution in [3.63, 3.8) is 0 Å². The van der Waals surface area contributed by atoms with Crippen molar-refractivity contribution in [2.75, 3.05) is 13.1 Å². The van der Waals surface area contributed by atoms with Gasteiger partial charge in [0.25, 0.3) is 0 Å². The topological polar surface area (TPSA) is 26.7 Å². The van der Waals surface area contributed by atoms with Crippen LogP contribution < -0.4 is 0 Å². The van der Waals surface area contributed by atoms with E-state index >= 15 is 0 Å². The second-order valence-electron chi connectivity index (χ2n) is 12.6. The van der Waals surface area contributed by atoms with Crippen LogP contribution in [0.5, 0.6) is 0 Å². The predicted molar refractivity (Wildman–Crippen MR) is 176 cm³/mol. The lowest BCUT2D eigenvalue weighted by atomic mass is 9.77. The van der Waals surface area contributed by atoms with Crippen molar-refractivity contribution >= 4 is 5.70 Å². The maximum atomic E-state index is 10.6. The lowest BCUT2D eigenvalue weighted by molar-refractivity contribution is -0.218. The Kier molecular flexibility index (Phi) is 9.01. The van der Waals surface area contributed by atoms with Gasteiger partial charge in [0.2, 0.25) is 0 Å². The fourth-order valence-electron chi connectivity index (χ4n) is 6.03. The molecule has 42 heavy (non-hydrogen) atoms. The van der Waals surface area contributed by atoms with Crippen molar-refractivity contribution in [3.05, 3.63) is 147 Å². The maximum Gasteiger partial charge on any atom is 0.0548 e. The Morgan fingerprint density at radius 2 is 1.31 bits per heavy atom. The first-order chi connectivity index (χ1) is 20.2. The van der Waals surface area contributed by atoms with Gasteiger partial charge < -0.3 is 0 Å². The highest BCUT2D eigenvalue weighted by Gasteiger charge is 2.25. The van der Waals surface area contributed by atoms with Crippen molar-refractivity contribution < 1.29 is 5.21 Å². The van der Waals surface area contributed by atoms with Crippen LogP contribution in [0.3, 0.4) is 0 Å². The van der Waals surface area contributed by atoms with Crippen LogP contribution in [-0.4, -0.2) is 28.5 Å². The smallest absolute Gasteiger partial charge is 0.0548 e. The minimum absolute atomic E-state index is 0.0848. The zero-order valence-electron chi connectivity index (χ0n) is 26.1. The van der Waals surface area contributed by atoms with Gasteiger partial charge in [0, 0.05) is 24.1 Å². The highest BCUT2D eigenvalue weighted by atomic mass is 16.5. The quantitative estimate of drug-likeness (QED) is 0.197. The van der Waals surface area contributed by atoms with Crippen molar-refractivity contribution in [2.45, 2.75) is 72.1 Å². The number of aryl methyl sites for hydroxylation is 2. The summed E-state index contributed by atoms with van der Waals surface area (Å²) in [5.41, 5.74) is 13.9. The molecule has 0 saturated carbocycles. The van der Waals surface area contributed by atoms with Gasteiger partial charge in [0.15, 0.2) is 0 Å². The van der Waals surface area contributed by atoms with E-state index in [1.807, 2.05) is 5.01 Å². The molecule has 1 aliphatic heterocycles. The molecule has 0 unspecified atom stereocenters. The summed E-state index contributed by atoms with van der Waals surface area (Å²) in [6.07, 6.45) is 4.75. The molecular formula is C39H46N2O. The van der Waals surface area contributed by atoms with Gasteiger partial charge in [-0.25, -0.2) is 0 Å². The van der Waals surface area contributed by atoms with E-state index in [-0.39, 0.29) is 5.41 Å². The number of hydroxylamine groups is 1. The number of hydrogen-bond acceptors (Lipinski definition) is 3. The first-order valence-electron chi connectivity index (χ1n) is 15.5. The molecule has 5 rings (SSSR count). The molecule has 3 nitrogen and oxygen atoms in total. The molecule has 1 heterocycles. The van der Waals surface area contributed by atoms with E-state index in [9.17, 15) is 5.21 Å². The van der Waals surface area contributed by atoms with E-state index < -0.39 is 0 Å². The van der Waals surface area contributed by atoms with Gasteiger partial charge >= 0.3 is 0 Å². The van der Waals surface area contributed by atoms with E-state index in [1.165, 1.54) is 55.2 Å². The summed E-state index contributed by atoms with van der Waals surface area (Å²) < 4.78 is 0. The molecular weight excluding hydrogens is 512 g/mol.